The molecule has 1 rings (SSSR count). The minimum atomic E-state index is -1.13. The van der Waals surface area contributed by atoms with Gasteiger partial charge in [0, 0.05) is 14.5 Å². The average molecular weight is 320 g/mol. The Labute approximate surface area is 97.0 Å². The Hall–Kier alpha value is -0.660. The van der Waals surface area contributed by atoms with Crippen LogP contribution in [-0.4, -0.2) is 22.4 Å². The SMILES string of the molecule is N#CC(C#N)=C1C(O)C(Br)=C(Br)C1O. The minimum Gasteiger partial charge on any atom is -0.383 e. The Morgan fingerprint density at radius 3 is 1.71 bits per heavy atom. The largest absolute Gasteiger partial charge is 0.383 e. The summed E-state index contributed by atoms with van der Waals surface area (Å²) in [5.74, 6) is 0. The number of rotatable bonds is 0. The molecule has 1 aliphatic rings. The molecule has 72 valence electrons. The van der Waals surface area contributed by atoms with E-state index in [9.17, 15) is 10.2 Å². The summed E-state index contributed by atoms with van der Waals surface area (Å²) in [6.07, 6.45) is -2.26. The van der Waals surface area contributed by atoms with E-state index in [1.807, 2.05) is 0 Å². The number of aliphatic hydroxyl groups excluding tert-OH is 2. The van der Waals surface area contributed by atoms with E-state index in [0.29, 0.717) is 8.96 Å². The van der Waals surface area contributed by atoms with E-state index >= 15 is 0 Å². The molecule has 0 bridgehead atoms. The van der Waals surface area contributed by atoms with Crippen molar-refractivity contribution in [3.05, 3.63) is 20.1 Å². The first kappa shape index (κ1) is 11.4. The first-order valence-electron chi connectivity index (χ1n) is 3.50. The van der Waals surface area contributed by atoms with Crippen LogP contribution in [-0.2, 0) is 0 Å². The van der Waals surface area contributed by atoms with Crippen LogP contribution < -0.4 is 0 Å². The maximum Gasteiger partial charge on any atom is 0.134 e. The number of nitriles is 2. The molecule has 0 aliphatic heterocycles. The Balaban J connectivity index is 3.30. The molecule has 0 saturated carbocycles. The number of hydrogen-bond acceptors (Lipinski definition) is 4. The maximum absolute atomic E-state index is 9.58. The van der Waals surface area contributed by atoms with E-state index < -0.39 is 12.2 Å². The third-order valence-corrected chi connectivity index (χ3v) is 4.06. The van der Waals surface area contributed by atoms with Gasteiger partial charge in [0.15, 0.2) is 0 Å². The average Bonchev–Trinajstić information content (AvgIpc) is 2.37. The quantitative estimate of drug-likeness (QED) is 0.654. The van der Waals surface area contributed by atoms with E-state index in [-0.39, 0.29) is 11.1 Å². The summed E-state index contributed by atoms with van der Waals surface area (Å²) in [5, 5.41) is 36.3. The molecule has 2 atom stereocenters. The van der Waals surface area contributed by atoms with Gasteiger partial charge in [0.05, 0.1) is 0 Å². The summed E-state index contributed by atoms with van der Waals surface area (Å²) in [7, 11) is 0. The van der Waals surface area contributed by atoms with Crippen molar-refractivity contribution in [2.75, 3.05) is 0 Å². The highest BCUT2D eigenvalue weighted by atomic mass is 79.9. The topological polar surface area (TPSA) is 88.0 Å². The highest BCUT2D eigenvalue weighted by Crippen LogP contribution is 2.39. The van der Waals surface area contributed by atoms with Crippen LogP contribution in [0.4, 0.5) is 0 Å². The van der Waals surface area contributed by atoms with E-state index in [2.05, 4.69) is 31.9 Å². The summed E-state index contributed by atoms with van der Waals surface area (Å²) < 4.78 is 0.672. The lowest BCUT2D eigenvalue weighted by molar-refractivity contribution is 0.209. The predicted octanol–water partition coefficient (Wildman–Crippen LogP) is 1.07. The lowest BCUT2D eigenvalue weighted by Crippen LogP contribution is -2.15. The van der Waals surface area contributed by atoms with Crippen molar-refractivity contribution in [2.24, 2.45) is 0 Å². The van der Waals surface area contributed by atoms with Gasteiger partial charge in [0.1, 0.15) is 29.9 Å². The van der Waals surface area contributed by atoms with Gasteiger partial charge in [-0.3, -0.25) is 0 Å². The van der Waals surface area contributed by atoms with Crippen LogP contribution in [0.1, 0.15) is 0 Å². The molecule has 0 aromatic carbocycles. The third kappa shape index (κ3) is 1.62. The van der Waals surface area contributed by atoms with Gasteiger partial charge in [-0.2, -0.15) is 10.5 Å². The fourth-order valence-electron chi connectivity index (χ4n) is 1.11. The van der Waals surface area contributed by atoms with E-state index in [4.69, 9.17) is 10.5 Å². The Bertz CT molecular complexity index is 378. The van der Waals surface area contributed by atoms with Crippen molar-refractivity contribution in [3.8, 4) is 12.1 Å². The normalized spacial score (nSPS) is 26.0. The molecule has 0 amide bonds. The van der Waals surface area contributed by atoms with Crippen molar-refractivity contribution < 1.29 is 10.2 Å². The maximum atomic E-state index is 9.58. The first-order chi connectivity index (χ1) is 6.54. The van der Waals surface area contributed by atoms with Crippen LogP contribution in [0.5, 0.6) is 0 Å². The highest BCUT2D eigenvalue weighted by molar-refractivity contribution is 9.14. The molecular formula is C8H4Br2N2O2. The molecule has 0 aromatic rings. The Kier molecular flexibility index (Phi) is 3.46. The summed E-state index contributed by atoms with van der Waals surface area (Å²) in [5.41, 5.74) is -0.259. The molecule has 4 nitrogen and oxygen atoms in total. The molecule has 2 N–H and O–H groups in total. The van der Waals surface area contributed by atoms with Crippen LogP contribution in [0.2, 0.25) is 0 Å². The lowest BCUT2D eigenvalue weighted by Gasteiger charge is -2.08. The van der Waals surface area contributed by atoms with Crippen molar-refractivity contribution >= 4 is 31.9 Å². The van der Waals surface area contributed by atoms with Crippen molar-refractivity contribution in [2.45, 2.75) is 12.2 Å². The van der Waals surface area contributed by atoms with Crippen LogP contribution >= 0.6 is 31.9 Å². The molecule has 2 unspecified atom stereocenters. The molecule has 0 radical (unpaired) electrons. The first-order valence-corrected chi connectivity index (χ1v) is 5.08. The number of aliphatic hydroxyl groups is 2. The Morgan fingerprint density at radius 2 is 1.43 bits per heavy atom. The second-order valence-corrected chi connectivity index (χ2v) is 4.26. The zero-order valence-electron chi connectivity index (χ0n) is 6.70. The lowest BCUT2D eigenvalue weighted by atomic mass is 10.0. The van der Waals surface area contributed by atoms with Crippen molar-refractivity contribution in [1.29, 1.82) is 10.5 Å². The second kappa shape index (κ2) is 4.24. The number of allylic oxidation sites excluding steroid dienone is 1. The van der Waals surface area contributed by atoms with Gasteiger partial charge in [-0.15, -0.1) is 0 Å². The van der Waals surface area contributed by atoms with Crippen molar-refractivity contribution in [3.63, 3.8) is 0 Å². The fraction of sp³-hybridized carbons (Fsp3) is 0.250. The summed E-state index contributed by atoms with van der Waals surface area (Å²) in [4.78, 5) is 0. The second-order valence-electron chi connectivity index (χ2n) is 2.55. The molecule has 0 spiro atoms. The van der Waals surface area contributed by atoms with Crippen LogP contribution in [0.15, 0.2) is 20.1 Å². The predicted molar refractivity (Wildman–Crippen MR) is 55.1 cm³/mol. The zero-order valence-corrected chi connectivity index (χ0v) is 9.87. The van der Waals surface area contributed by atoms with Crippen LogP contribution in [0.25, 0.3) is 0 Å². The molecule has 0 aromatic heterocycles. The molecule has 6 heteroatoms. The molecule has 0 saturated heterocycles. The third-order valence-electron chi connectivity index (χ3n) is 1.81. The molecule has 1 aliphatic carbocycles. The van der Waals surface area contributed by atoms with Gasteiger partial charge in [-0.25, -0.2) is 0 Å². The molecule has 0 heterocycles. The van der Waals surface area contributed by atoms with Crippen LogP contribution in [0.3, 0.4) is 0 Å². The standard InChI is InChI=1S/C8H4Br2N2O2/c9-5-6(10)8(14)4(7(5)13)3(1-11)2-12/h7-8,13-14H. The minimum absolute atomic E-state index is 0.00810. The van der Waals surface area contributed by atoms with Gasteiger partial charge in [-0.05, 0) is 0 Å². The summed E-state index contributed by atoms with van der Waals surface area (Å²) >= 11 is 6.09. The fourth-order valence-corrected chi connectivity index (χ4v) is 2.04. The number of nitrogens with zero attached hydrogens (tertiary/aromatic N) is 2. The Morgan fingerprint density at radius 1 is 1.07 bits per heavy atom. The number of halogens is 2. The van der Waals surface area contributed by atoms with E-state index in [0.717, 1.165) is 0 Å². The van der Waals surface area contributed by atoms with Gasteiger partial charge in [0.2, 0.25) is 0 Å². The highest BCUT2D eigenvalue weighted by Gasteiger charge is 2.36. The smallest absolute Gasteiger partial charge is 0.134 e. The van der Waals surface area contributed by atoms with Gasteiger partial charge < -0.3 is 10.2 Å². The van der Waals surface area contributed by atoms with Gasteiger partial charge in [-0.1, -0.05) is 31.9 Å². The van der Waals surface area contributed by atoms with Crippen molar-refractivity contribution in [1.82, 2.24) is 0 Å². The summed E-state index contributed by atoms with van der Waals surface area (Å²) in [6.45, 7) is 0. The molecular weight excluding hydrogens is 316 g/mol. The summed E-state index contributed by atoms with van der Waals surface area (Å²) in [6, 6.07) is 3.25. The number of hydrogen-bond donors (Lipinski definition) is 2. The van der Waals surface area contributed by atoms with Gasteiger partial charge >= 0.3 is 0 Å². The van der Waals surface area contributed by atoms with Gasteiger partial charge in [0.25, 0.3) is 0 Å². The molecule has 0 fully saturated rings. The van der Waals surface area contributed by atoms with Crippen LogP contribution in [0, 0.1) is 22.7 Å². The van der Waals surface area contributed by atoms with E-state index in [1.165, 1.54) is 0 Å². The zero-order chi connectivity index (χ0) is 10.9. The molecule has 14 heavy (non-hydrogen) atoms. The monoisotopic (exact) mass is 318 g/mol. The van der Waals surface area contributed by atoms with E-state index in [1.54, 1.807) is 12.1 Å².